The molecule has 0 spiro atoms. The highest BCUT2D eigenvalue weighted by Crippen LogP contribution is 2.43. The first-order valence-corrected chi connectivity index (χ1v) is 12.2. The second-order valence-electron chi connectivity index (χ2n) is 8.37. The minimum absolute atomic E-state index is 0.0781. The Bertz CT molecular complexity index is 1410. The van der Waals surface area contributed by atoms with Gasteiger partial charge in [-0.2, -0.15) is 0 Å². The average Bonchev–Trinajstić information content (AvgIpc) is 3.15. The number of ketones is 1. The van der Waals surface area contributed by atoms with Gasteiger partial charge in [0.1, 0.15) is 11.5 Å². The van der Waals surface area contributed by atoms with Crippen LogP contribution in [-0.4, -0.2) is 36.0 Å². The number of aryl methyl sites for hydroxylation is 1. The third kappa shape index (κ3) is 4.95. The summed E-state index contributed by atoms with van der Waals surface area (Å²) in [6, 6.07) is 17.3. The number of esters is 1. The van der Waals surface area contributed by atoms with Crippen LogP contribution in [0.25, 0.3) is 5.76 Å². The number of halogens is 1. The molecule has 1 amide bonds. The van der Waals surface area contributed by atoms with Crippen molar-refractivity contribution in [2.24, 2.45) is 0 Å². The van der Waals surface area contributed by atoms with Crippen molar-refractivity contribution in [2.75, 3.05) is 18.1 Å². The zero-order valence-corrected chi connectivity index (χ0v) is 21.4. The number of aliphatic hydroxyl groups excluding tert-OH is 1. The molecule has 0 aliphatic carbocycles. The Morgan fingerprint density at radius 3 is 2.43 bits per heavy atom. The first kappa shape index (κ1) is 26.0. The number of carbonyl (C=O) groups is 3. The maximum Gasteiger partial charge on any atom is 0.338 e. The van der Waals surface area contributed by atoms with Crippen molar-refractivity contribution in [1.82, 2.24) is 0 Å². The standard InChI is InChI=1S/C29H26ClNO6/c1-4-36-23-16-18(13-14-22(23)30)26(32)24-25(21-12-7-6-9-17(21)3)31(28(34)27(24)33)20-11-8-10-19(15-20)29(35)37-5-2/h6-16,25,32H,4-5H2,1-3H3/b26-24+. The van der Waals surface area contributed by atoms with E-state index in [1.165, 1.54) is 17.0 Å². The lowest BCUT2D eigenvalue weighted by Crippen LogP contribution is -2.30. The van der Waals surface area contributed by atoms with Gasteiger partial charge in [-0.1, -0.05) is 41.9 Å². The number of aliphatic hydroxyl groups is 1. The Balaban J connectivity index is 1.93. The van der Waals surface area contributed by atoms with Crippen LogP contribution in [0.5, 0.6) is 5.75 Å². The van der Waals surface area contributed by atoms with E-state index in [4.69, 9.17) is 21.1 Å². The van der Waals surface area contributed by atoms with Crippen LogP contribution in [0, 0.1) is 6.92 Å². The Kier molecular flexibility index (Phi) is 7.64. The molecule has 1 atom stereocenters. The molecule has 0 aromatic heterocycles. The van der Waals surface area contributed by atoms with E-state index in [9.17, 15) is 19.5 Å². The van der Waals surface area contributed by atoms with E-state index in [-0.39, 0.29) is 29.1 Å². The molecule has 8 heteroatoms. The number of hydrogen-bond donors (Lipinski definition) is 1. The summed E-state index contributed by atoms with van der Waals surface area (Å²) in [5.74, 6) is -2.22. The van der Waals surface area contributed by atoms with Gasteiger partial charge in [0.25, 0.3) is 11.7 Å². The molecule has 1 heterocycles. The number of anilines is 1. The fourth-order valence-corrected chi connectivity index (χ4v) is 4.53. The summed E-state index contributed by atoms with van der Waals surface area (Å²) in [5.41, 5.74) is 2.24. The van der Waals surface area contributed by atoms with Crippen LogP contribution in [0.1, 0.15) is 46.9 Å². The van der Waals surface area contributed by atoms with Gasteiger partial charge in [-0.25, -0.2) is 4.79 Å². The zero-order valence-electron chi connectivity index (χ0n) is 20.7. The van der Waals surface area contributed by atoms with Crippen LogP contribution in [0.4, 0.5) is 5.69 Å². The number of rotatable bonds is 7. The van der Waals surface area contributed by atoms with Crippen molar-refractivity contribution in [3.8, 4) is 5.75 Å². The molecule has 190 valence electrons. The Morgan fingerprint density at radius 1 is 0.973 bits per heavy atom. The molecule has 1 aliphatic heterocycles. The Labute approximate surface area is 219 Å². The second kappa shape index (κ2) is 10.9. The molecule has 7 nitrogen and oxygen atoms in total. The highest BCUT2D eigenvalue weighted by Gasteiger charge is 2.47. The van der Waals surface area contributed by atoms with Gasteiger partial charge in [-0.05, 0) is 68.3 Å². The van der Waals surface area contributed by atoms with Crippen molar-refractivity contribution >= 4 is 40.7 Å². The van der Waals surface area contributed by atoms with Gasteiger partial charge in [0, 0.05) is 11.3 Å². The molecule has 37 heavy (non-hydrogen) atoms. The normalized spacial score (nSPS) is 16.6. The molecule has 1 unspecified atom stereocenters. The maximum absolute atomic E-state index is 13.4. The summed E-state index contributed by atoms with van der Waals surface area (Å²) in [6.07, 6.45) is 0. The van der Waals surface area contributed by atoms with Crippen molar-refractivity contribution in [2.45, 2.75) is 26.8 Å². The monoisotopic (exact) mass is 519 g/mol. The largest absolute Gasteiger partial charge is 0.507 e. The van der Waals surface area contributed by atoms with Gasteiger partial charge in [-0.3, -0.25) is 14.5 Å². The van der Waals surface area contributed by atoms with Crippen LogP contribution >= 0.6 is 11.6 Å². The van der Waals surface area contributed by atoms with E-state index in [1.807, 2.05) is 19.1 Å². The SMILES string of the molecule is CCOC(=O)c1cccc(N2C(=O)C(=O)/C(=C(/O)c3ccc(Cl)c(OCC)c3)C2c2ccccc2C)c1. The summed E-state index contributed by atoms with van der Waals surface area (Å²) >= 11 is 6.21. The van der Waals surface area contributed by atoms with Gasteiger partial charge in [0.15, 0.2) is 0 Å². The molecule has 0 saturated carbocycles. The van der Waals surface area contributed by atoms with E-state index in [2.05, 4.69) is 0 Å². The van der Waals surface area contributed by atoms with Crippen LogP contribution in [-0.2, 0) is 14.3 Å². The zero-order chi connectivity index (χ0) is 26.7. The van der Waals surface area contributed by atoms with Crippen molar-refractivity contribution in [3.63, 3.8) is 0 Å². The molecular weight excluding hydrogens is 494 g/mol. The fraction of sp³-hybridized carbons (Fsp3) is 0.207. The Hall–Kier alpha value is -4.10. The van der Waals surface area contributed by atoms with Crippen LogP contribution < -0.4 is 9.64 Å². The molecule has 1 aliphatic rings. The number of Topliss-reactive ketones (excluding diaryl/α,β-unsaturated/α-hetero) is 1. The highest BCUT2D eigenvalue weighted by atomic mass is 35.5. The van der Waals surface area contributed by atoms with Crippen LogP contribution in [0.3, 0.4) is 0 Å². The van der Waals surface area contributed by atoms with E-state index < -0.39 is 23.7 Å². The lowest BCUT2D eigenvalue weighted by Gasteiger charge is -2.27. The molecule has 1 N–H and O–H groups in total. The summed E-state index contributed by atoms with van der Waals surface area (Å²) in [6.45, 7) is 5.92. The number of ether oxygens (including phenoxy) is 2. The summed E-state index contributed by atoms with van der Waals surface area (Å²) in [4.78, 5) is 40.6. The van der Waals surface area contributed by atoms with E-state index in [1.54, 1.807) is 56.3 Å². The quantitative estimate of drug-likeness (QED) is 0.182. The molecule has 1 fully saturated rings. The second-order valence-corrected chi connectivity index (χ2v) is 8.78. The predicted molar refractivity (Wildman–Crippen MR) is 141 cm³/mol. The predicted octanol–water partition coefficient (Wildman–Crippen LogP) is 5.85. The van der Waals surface area contributed by atoms with Gasteiger partial charge in [-0.15, -0.1) is 0 Å². The number of carbonyl (C=O) groups excluding carboxylic acids is 3. The number of amides is 1. The Morgan fingerprint density at radius 2 is 1.73 bits per heavy atom. The first-order chi connectivity index (χ1) is 17.8. The van der Waals surface area contributed by atoms with Gasteiger partial charge < -0.3 is 14.6 Å². The highest BCUT2D eigenvalue weighted by molar-refractivity contribution is 6.51. The third-order valence-corrected chi connectivity index (χ3v) is 6.38. The average molecular weight is 520 g/mol. The van der Waals surface area contributed by atoms with Gasteiger partial charge >= 0.3 is 5.97 Å². The molecular formula is C29H26ClNO6. The van der Waals surface area contributed by atoms with Crippen molar-refractivity contribution in [3.05, 3.63) is 99.6 Å². The summed E-state index contributed by atoms with van der Waals surface area (Å²) < 4.78 is 10.6. The molecule has 1 saturated heterocycles. The van der Waals surface area contributed by atoms with Crippen molar-refractivity contribution < 1.29 is 29.0 Å². The molecule has 3 aromatic carbocycles. The fourth-order valence-electron chi connectivity index (χ4n) is 4.36. The summed E-state index contributed by atoms with van der Waals surface area (Å²) in [7, 11) is 0. The molecule has 3 aromatic rings. The smallest absolute Gasteiger partial charge is 0.338 e. The molecule has 0 radical (unpaired) electrons. The van der Waals surface area contributed by atoms with Crippen LogP contribution in [0.2, 0.25) is 5.02 Å². The maximum atomic E-state index is 13.4. The number of nitrogens with zero attached hydrogens (tertiary/aromatic N) is 1. The number of benzene rings is 3. The van der Waals surface area contributed by atoms with Gasteiger partial charge in [0.2, 0.25) is 0 Å². The molecule has 0 bridgehead atoms. The third-order valence-electron chi connectivity index (χ3n) is 6.07. The topological polar surface area (TPSA) is 93.1 Å². The lowest BCUT2D eigenvalue weighted by molar-refractivity contribution is -0.132. The van der Waals surface area contributed by atoms with E-state index in [0.717, 1.165) is 5.56 Å². The lowest BCUT2D eigenvalue weighted by atomic mass is 9.92. The first-order valence-electron chi connectivity index (χ1n) is 11.8. The minimum Gasteiger partial charge on any atom is -0.507 e. The van der Waals surface area contributed by atoms with Crippen molar-refractivity contribution in [1.29, 1.82) is 0 Å². The number of hydrogen-bond acceptors (Lipinski definition) is 6. The van der Waals surface area contributed by atoms with E-state index >= 15 is 0 Å². The van der Waals surface area contributed by atoms with Gasteiger partial charge in [0.05, 0.1) is 35.4 Å². The molecule has 4 rings (SSSR count). The van der Waals surface area contributed by atoms with E-state index in [0.29, 0.717) is 28.6 Å². The van der Waals surface area contributed by atoms with Crippen LogP contribution in [0.15, 0.2) is 72.3 Å². The summed E-state index contributed by atoms with van der Waals surface area (Å²) in [5, 5.41) is 11.8. The minimum atomic E-state index is -0.940.